The highest BCUT2D eigenvalue weighted by molar-refractivity contribution is 6.31. The van der Waals surface area contributed by atoms with E-state index in [-0.39, 0.29) is 6.42 Å². The molecular weight excluding hydrogens is 422 g/mol. The topological polar surface area (TPSA) is 110 Å². The normalized spacial score (nSPS) is 12.4. The fourth-order valence-corrected chi connectivity index (χ4v) is 3.26. The maximum absolute atomic E-state index is 13.1. The van der Waals surface area contributed by atoms with Crippen LogP contribution < -0.4 is 16.0 Å². The molecule has 0 saturated heterocycles. The van der Waals surface area contributed by atoms with Gasteiger partial charge in [-0.1, -0.05) is 11.6 Å². The third kappa shape index (κ3) is 5.27. The van der Waals surface area contributed by atoms with Crippen LogP contribution in [0.2, 0.25) is 5.02 Å². The van der Waals surface area contributed by atoms with Gasteiger partial charge in [-0.2, -0.15) is 0 Å². The lowest BCUT2D eigenvalue weighted by Gasteiger charge is -2.25. The van der Waals surface area contributed by atoms with Crippen LogP contribution in [-0.2, 0) is 16.0 Å². The summed E-state index contributed by atoms with van der Waals surface area (Å²) in [6, 6.07) is 5.30. The number of rotatable bonds is 6. The van der Waals surface area contributed by atoms with E-state index in [1.165, 1.54) is 36.4 Å². The first-order valence-corrected chi connectivity index (χ1v) is 9.93. The van der Waals surface area contributed by atoms with Crippen LogP contribution >= 0.6 is 11.6 Å². The zero-order valence-electron chi connectivity index (χ0n) is 17.7. The summed E-state index contributed by atoms with van der Waals surface area (Å²) < 4.78 is 17.6. The highest BCUT2D eigenvalue weighted by Gasteiger charge is 2.30. The molecule has 0 aliphatic rings. The molecule has 1 atom stereocenters. The van der Waals surface area contributed by atoms with E-state index in [0.29, 0.717) is 33.5 Å². The molecule has 31 heavy (non-hydrogen) atoms. The van der Waals surface area contributed by atoms with Gasteiger partial charge >= 0.3 is 5.97 Å². The van der Waals surface area contributed by atoms with E-state index < -0.39 is 23.2 Å². The van der Waals surface area contributed by atoms with E-state index in [2.05, 4.69) is 4.98 Å². The van der Waals surface area contributed by atoms with Gasteiger partial charge in [0.15, 0.2) is 5.89 Å². The Morgan fingerprint density at radius 3 is 2.65 bits per heavy atom. The van der Waals surface area contributed by atoms with Gasteiger partial charge in [-0.05, 0) is 39.0 Å². The molecule has 1 aromatic carbocycles. The number of halogens is 1. The van der Waals surface area contributed by atoms with Crippen molar-refractivity contribution in [1.29, 1.82) is 0 Å². The van der Waals surface area contributed by atoms with Crippen molar-refractivity contribution in [2.75, 3.05) is 12.8 Å². The Morgan fingerprint density at radius 2 is 2.03 bits per heavy atom. The fourth-order valence-electron chi connectivity index (χ4n) is 3.09. The summed E-state index contributed by atoms with van der Waals surface area (Å²) in [5.74, 6) is 0.0456. The number of nitrogens with two attached hydrogens (primary N) is 1. The number of methoxy groups -OCH3 is 1. The lowest BCUT2D eigenvalue weighted by molar-refractivity contribution is -0.159. The maximum atomic E-state index is 13.1. The van der Waals surface area contributed by atoms with E-state index in [0.717, 1.165) is 0 Å². The maximum Gasteiger partial charge on any atom is 0.330 e. The van der Waals surface area contributed by atoms with Crippen molar-refractivity contribution >= 4 is 23.3 Å². The number of hydrogen-bond acceptors (Lipinski definition) is 7. The standard InChI is InChI=1S/C22H24ClN3O5/c1-22(2,3)31-21(28)17(11-19-25-7-8-30-19)26-12-18(29-4)15(10-20(26)27)14-9-13(23)5-6-16(14)24/h5-10,12,17H,11,24H2,1-4H3. The number of hydrogen-bond donors (Lipinski definition) is 1. The minimum atomic E-state index is -1.01. The van der Waals surface area contributed by atoms with Gasteiger partial charge in [0.2, 0.25) is 0 Å². The number of carbonyl (C=O) groups is 1. The predicted octanol–water partition coefficient (Wildman–Crippen LogP) is 3.87. The van der Waals surface area contributed by atoms with Gasteiger partial charge in [-0.3, -0.25) is 9.36 Å². The van der Waals surface area contributed by atoms with E-state index in [1.807, 2.05) is 0 Å². The lowest BCUT2D eigenvalue weighted by Crippen LogP contribution is -2.36. The van der Waals surface area contributed by atoms with E-state index in [9.17, 15) is 9.59 Å². The van der Waals surface area contributed by atoms with Crippen molar-refractivity contribution in [2.24, 2.45) is 0 Å². The van der Waals surface area contributed by atoms with Gasteiger partial charge in [-0.25, -0.2) is 9.78 Å². The van der Waals surface area contributed by atoms with Gasteiger partial charge in [-0.15, -0.1) is 0 Å². The summed E-state index contributed by atoms with van der Waals surface area (Å²) in [4.78, 5) is 30.1. The monoisotopic (exact) mass is 445 g/mol. The third-order valence-electron chi connectivity index (χ3n) is 4.44. The number of benzene rings is 1. The third-order valence-corrected chi connectivity index (χ3v) is 4.67. The number of anilines is 1. The SMILES string of the molecule is COc1cn(C(Cc2ncco2)C(=O)OC(C)(C)C)c(=O)cc1-c1cc(Cl)ccc1N. The summed E-state index contributed by atoms with van der Waals surface area (Å²) in [5.41, 5.74) is 6.34. The molecule has 0 aliphatic carbocycles. The van der Waals surface area contributed by atoms with Gasteiger partial charge in [0.05, 0.1) is 25.9 Å². The first-order valence-electron chi connectivity index (χ1n) is 9.56. The zero-order valence-corrected chi connectivity index (χ0v) is 18.5. The fraction of sp³-hybridized carbons (Fsp3) is 0.318. The number of pyridine rings is 1. The first-order chi connectivity index (χ1) is 14.6. The van der Waals surface area contributed by atoms with E-state index in [1.54, 1.807) is 39.0 Å². The summed E-state index contributed by atoms with van der Waals surface area (Å²) in [5, 5.41) is 0.464. The molecule has 0 amide bonds. The largest absolute Gasteiger partial charge is 0.495 e. The molecule has 0 spiro atoms. The first kappa shape index (κ1) is 22.4. The summed E-state index contributed by atoms with van der Waals surface area (Å²) in [6.07, 6.45) is 4.35. The minimum absolute atomic E-state index is 0.0314. The van der Waals surface area contributed by atoms with Crippen molar-refractivity contribution in [1.82, 2.24) is 9.55 Å². The Kier molecular flexibility index (Phi) is 6.40. The highest BCUT2D eigenvalue weighted by Crippen LogP contribution is 2.35. The van der Waals surface area contributed by atoms with Crippen molar-refractivity contribution in [3.8, 4) is 16.9 Å². The molecular formula is C22H24ClN3O5. The van der Waals surface area contributed by atoms with Crippen LogP contribution in [0.25, 0.3) is 11.1 Å². The second-order valence-corrected chi connectivity index (χ2v) is 8.35. The lowest BCUT2D eigenvalue weighted by atomic mass is 10.0. The van der Waals surface area contributed by atoms with Gasteiger partial charge in [0.25, 0.3) is 5.56 Å². The number of carbonyl (C=O) groups excluding carboxylic acids is 1. The number of nitrogen functional groups attached to an aromatic ring is 1. The van der Waals surface area contributed by atoms with Crippen LogP contribution in [0.15, 0.2) is 52.1 Å². The zero-order chi connectivity index (χ0) is 22.8. The van der Waals surface area contributed by atoms with Crippen LogP contribution in [0.1, 0.15) is 32.7 Å². The number of aromatic nitrogens is 2. The van der Waals surface area contributed by atoms with Crippen molar-refractivity contribution < 1.29 is 18.7 Å². The molecule has 3 rings (SSSR count). The summed E-state index contributed by atoms with van der Waals surface area (Å²) in [6.45, 7) is 5.25. The quantitative estimate of drug-likeness (QED) is 0.453. The molecule has 8 nitrogen and oxygen atoms in total. The van der Waals surface area contributed by atoms with Crippen LogP contribution in [0.4, 0.5) is 5.69 Å². The Balaban J connectivity index is 2.12. The molecule has 0 radical (unpaired) electrons. The van der Waals surface area contributed by atoms with Crippen molar-refractivity contribution in [2.45, 2.75) is 38.8 Å². The second-order valence-electron chi connectivity index (χ2n) is 7.91. The molecule has 0 aliphatic heterocycles. The van der Waals surface area contributed by atoms with Gasteiger partial charge in [0, 0.05) is 27.9 Å². The van der Waals surface area contributed by atoms with Crippen molar-refractivity contribution in [3.05, 3.63) is 64.2 Å². The van der Waals surface area contributed by atoms with Crippen LogP contribution in [0.5, 0.6) is 5.75 Å². The molecule has 0 fully saturated rings. The van der Waals surface area contributed by atoms with Crippen LogP contribution in [0.3, 0.4) is 0 Å². The second kappa shape index (κ2) is 8.85. The van der Waals surface area contributed by atoms with Gasteiger partial charge in [0.1, 0.15) is 23.7 Å². The number of nitrogens with zero attached hydrogens (tertiary/aromatic N) is 2. The molecule has 1 unspecified atom stereocenters. The van der Waals surface area contributed by atoms with E-state index in [4.69, 9.17) is 31.2 Å². The Bertz CT molecular complexity index is 1130. The summed E-state index contributed by atoms with van der Waals surface area (Å²) >= 11 is 6.11. The Labute approximate surface area is 184 Å². The molecule has 2 N–H and O–H groups in total. The molecule has 3 aromatic rings. The average molecular weight is 446 g/mol. The van der Waals surface area contributed by atoms with Gasteiger partial charge < -0.3 is 19.6 Å². The number of esters is 1. The highest BCUT2D eigenvalue weighted by atomic mass is 35.5. The molecule has 0 saturated carbocycles. The average Bonchev–Trinajstić information content (AvgIpc) is 3.20. The summed E-state index contributed by atoms with van der Waals surface area (Å²) in [7, 11) is 1.46. The molecule has 2 heterocycles. The Hall–Kier alpha value is -3.26. The van der Waals surface area contributed by atoms with Crippen molar-refractivity contribution in [3.63, 3.8) is 0 Å². The molecule has 9 heteroatoms. The predicted molar refractivity (Wildman–Crippen MR) is 117 cm³/mol. The molecule has 164 valence electrons. The number of oxazole rings is 1. The Morgan fingerprint density at radius 1 is 1.29 bits per heavy atom. The van der Waals surface area contributed by atoms with Crippen LogP contribution in [-0.4, -0.2) is 28.2 Å². The molecule has 0 bridgehead atoms. The van der Waals surface area contributed by atoms with Crippen LogP contribution in [0, 0.1) is 0 Å². The minimum Gasteiger partial charge on any atom is -0.495 e. The van der Waals surface area contributed by atoms with E-state index >= 15 is 0 Å². The molecule has 2 aromatic heterocycles. The smallest absolute Gasteiger partial charge is 0.330 e. The number of ether oxygens (including phenoxy) is 2.